The maximum Gasteiger partial charge on any atom is 0.154 e. The second-order valence-corrected chi connectivity index (χ2v) is 6.73. The van der Waals surface area contributed by atoms with Crippen LogP contribution in [0.5, 0.6) is 0 Å². The predicted octanol–water partition coefficient (Wildman–Crippen LogP) is 1.35. The molecule has 0 aliphatic carbocycles. The summed E-state index contributed by atoms with van der Waals surface area (Å²) in [5, 5.41) is 2.93. The van der Waals surface area contributed by atoms with Crippen LogP contribution in [0, 0.1) is 12.3 Å². The van der Waals surface area contributed by atoms with Crippen molar-refractivity contribution in [1.82, 2.24) is 5.32 Å². The molecule has 16 heavy (non-hydrogen) atoms. The van der Waals surface area contributed by atoms with Gasteiger partial charge in [0.05, 0.1) is 11.0 Å². The monoisotopic (exact) mass is 243 g/mol. The first-order valence-corrected chi connectivity index (χ1v) is 7.65. The fourth-order valence-electron chi connectivity index (χ4n) is 2.37. The van der Waals surface area contributed by atoms with Crippen molar-refractivity contribution < 1.29 is 8.42 Å². The average molecular weight is 243 g/mol. The first-order chi connectivity index (χ1) is 7.61. The molecule has 4 heteroatoms. The highest BCUT2D eigenvalue weighted by Crippen LogP contribution is 2.24. The molecule has 92 valence electrons. The number of terminal acetylenes is 1. The molecule has 0 aromatic carbocycles. The van der Waals surface area contributed by atoms with Gasteiger partial charge in [0, 0.05) is 12.5 Å². The quantitative estimate of drug-likeness (QED) is 0.585. The molecule has 0 aromatic heterocycles. The van der Waals surface area contributed by atoms with Crippen molar-refractivity contribution in [1.29, 1.82) is 0 Å². The lowest BCUT2D eigenvalue weighted by atomic mass is 10.0. The summed E-state index contributed by atoms with van der Waals surface area (Å²) in [7, 11) is -1.05. The highest BCUT2D eigenvalue weighted by molar-refractivity contribution is 7.92. The Hall–Kier alpha value is -0.530. The van der Waals surface area contributed by atoms with Gasteiger partial charge in [0.1, 0.15) is 0 Å². The van der Waals surface area contributed by atoms with Crippen LogP contribution in [0.15, 0.2) is 0 Å². The molecule has 0 spiro atoms. The third-order valence-electron chi connectivity index (χ3n) is 3.28. The predicted molar refractivity (Wildman–Crippen MR) is 67.0 cm³/mol. The van der Waals surface area contributed by atoms with Gasteiger partial charge < -0.3 is 5.32 Å². The summed E-state index contributed by atoms with van der Waals surface area (Å²) in [5.41, 5.74) is 0. The van der Waals surface area contributed by atoms with E-state index in [1.807, 2.05) is 7.05 Å². The second-order valence-electron chi connectivity index (χ2n) is 4.39. The molecule has 0 amide bonds. The molecular formula is C12H21NO2S. The normalized spacial score (nSPS) is 25.9. The summed E-state index contributed by atoms with van der Waals surface area (Å²) >= 11 is 0. The Labute approximate surface area is 98.9 Å². The standard InChI is InChI=1S/C12H21NO2S/c1-3-4-5-8-11(13-2)12-9-6-7-10-16(12,14)15/h1,11-13H,4-10H2,2H3. The molecule has 3 nitrogen and oxygen atoms in total. The van der Waals surface area contributed by atoms with Gasteiger partial charge in [0.25, 0.3) is 0 Å². The molecule has 1 aliphatic rings. The van der Waals surface area contributed by atoms with Gasteiger partial charge >= 0.3 is 0 Å². The lowest BCUT2D eigenvalue weighted by Gasteiger charge is -2.29. The van der Waals surface area contributed by atoms with E-state index in [0.717, 1.165) is 38.5 Å². The van der Waals surface area contributed by atoms with Gasteiger partial charge in [-0.15, -0.1) is 12.3 Å². The highest BCUT2D eigenvalue weighted by Gasteiger charge is 2.34. The summed E-state index contributed by atoms with van der Waals surface area (Å²) in [5.74, 6) is 2.95. The number of rotatable bonds is 5. The number of hydrogen-bond acceptors (Lipinski definition) is 3. The summed E-state index contributed by atoms with van der Waals surface area (Å²) in [4.78, 5) is 0. The Bertz CT molecular complexity index is 343. The van der Waals surface area contributed by atoms with Crippen molar-refractivity contribution in [3.8, 4) is 12.3 Å². The van der Waals surface area contributed by atoms with Crippen molar-refractivity contribution in [3.63, 3.8) is 0 Å². The zero-order chi connectivity index (χ0) is 12.0. The van der Waals surface area contributed by atoms with Crippen LogP contribution in [0.1, 0.15) is 38.5 Å². The van der Waals surface area contributed by atoms with E-state index in [2.05, 4.69) is 11.2 Å². The third-order valence-corrected chi connectivity index (χ3v) is 5.63. The fourth-order valence-corrected chi connectivity index (χ4v) is 4.58. The molecule has 1 aliphatic heterocycles. The van der Waals surface area contributed by atoms with Gasteiger partial charge in [-0.25, -0.2) is 8.42 Å². The molecule has 1 N–H and O–H groups in total. The van der Waals surface area contributed by atoms with E-state index in [1.165, 1.54) is 0 Å². The SMILES string of the molecule is C#CCCCC(NC)C1CCCCS1(=O)=O. The van der Waals surface area contributed by atoms with E-state index in [9.17, 15) is 8.42 Å². The molecule has 0 bridgehead atoms. The van der Waals surface area contributed by atoms with E-state index in [4.69, 9.17) is 6.42 Å². The summed E-state index contributed by atoms with van der Waals surface area (Å²) in [6.07, 6.45) is 10.3. The molecule has 0 aromatic rings. The summed E-state index contributed by atoms with van der Waals surface area (Å²) in [6.45, 7) is 0. The van der Waals surface area contributed by atoms with Gasteiger partial charge in [-0.1, -0.05) is 6.42 Å². The molecule has 0 saturated carbocycles. The van der Waals surface area contributed by atoms with E-state index in [-0.39, 0.29) is 11.3 Å². The van der Waals surface area contributed by atoms with Gasteiger partial charge in [-0.3, -0.25) is 0 Å². The van der Waals surface area contributed by atoms with Crippen LogP contribution in [0.3, 0.4) is 0 Å². The fraction of sp³-hybridized carbons (Fsp3) is 0.833. The molecule has 1 saturated heterocycles. The van der Waals surface area contributed by atoms with E-state index in [0.29, 0.717) is 5.75 Å². The molecule has 1 rings (SSSR count). The van der Waals surface area contributed by atoms with Gasteiger partial charge in [0.2, 0.25) is 0 Å². The van der Waals surface area contributed by atoms with Gasteiger partial charge in [-0.2, -0.15) is 0 Å². The minimum absolute atomic E-state index is 0.0682. The van der Waals surface area contributed by atoms with Crippen LogP contribution >= 0.6 is 0 Å². The minimum Gasteiger partial charge on any atom is -0.316 e. The first kappa shape index (κ1) is 13.5. The molecular weight excluding hydrogens is 222 g/mol. The smallest absolute Gasteiger partial charge is 0.154 e. The van der Waals surface area contributed by atoms with Crippen molar-refractivity contribution in [3.05, 3.63) is 0 Å². The van der Waals surface area contributed by atoms with Crippen molar-refractivity contribution in [2.24, 2.45) is 0 Å². The zero-order valence-corrected chi connectivity index (χ0v) is 10.7. The first-order valence-electron chi connectivity index (χ1n) is 5.94. The lowest BCUT2D eigenvalue weighted by Crippen LogP contribution is -2.45. The maximum absolute atomic E-state index is 11.9. The van der Waals surface area contributed by atoms with Crippen LogP contribution in [0.2, 0.25) is 0 Å². The maximum atomic E-state index is 11.9. The topological polar surface area (TPSA) is 46.2 Å². The van der Waals surface area contributed by atoms with E-state index < -0.39 is 9.84 Å². The van der Waals surface area contributed by atoms with Crippen LogP contribution < -0.4 is 5.32 Å². The van der Waals surface area contributed by atoms with Crippen molar-refractivity contribution in [2.75, 3.05) is 12.8 Å². The Balaban J connectivity index is 2.60. The number of nitrogens with one attached hydrogen (secondary N) is 1. The highest BCUT2D eigenvalue weighted by atomic mass is 32.2. The lowest BCUT2D eigenvalue weighted by molar-refractivity contribution is 0.432. The summed E-state index contributed by atoms with van der Waals surface area (Å²) < 4.78 is 23.9. The number of hydrogen-bond donors (Lipinski definition) is 1. The Kier molecular flexibility index (Phi) is 5.30. The molecule has 1 fully saturated rings. The number of sulfone groups is 1. The molecule has 2 atom stereocenters. The Morgan fingerprint density at radius 2 is 2.25 bits per heavy atom. The average Bonchev–Trinajstić information content (AvgIpc) is 2.25. The molecule has 0 radical (unpaired) electrons. The molecule has 1 heterocycles. The van der Waals surface area contributed by atoms with Gasteiger partial charge in [-0.05, 0) is 32.7 Å². The third kappa shape index (κ3) is 3.50. The van der Waals surface area contributed by atoms with Crippen LogP contribution in [-0.2, 0) is 9.84 Å². The number of unbranched alkanes of at least 4 members (excludes halogenated alkanes) is 1. The van der Waals surface area contributed by atoms with Crippen LogP contribution in [0.4, 0.5) is 0 Å². The van der Waals surface area contributed by atoms with Crippen LogP contribution in [0.25, 0.3) is 0 Å². The van der Waals surface area contributed by atoms with Crippen molar-refractivity contribution >= 4 is 9.84 Å². The summed E-state index contributed by atoms with van der Waals surface area (Å²) in [6, 6.07) is 0.0682. The van der Waals surface area contributed by atoms with Crippen molar-refractivity contribution in [2.45, 2.75) is 49.8 Å². The zero-order valence-electron chi connectivity index (χ0n) is 9.91. The van der Waals surface area contributed by atoms with E-state index in [1.54, 1.807) is 0 Å². The Morgan fingerprint density at radius 3 is 2.81 bits per heavy atom. The minimum atomic E-state index is -2.89. The molecule has 2 unspecified atom stereocenters. The largest absolute Gasteiger partial charge is 0.316 e. The van der Waals surface area contributed by atoms with Gasteiger partial charge in [0.15, 0.2) is 9.84 Å². The Morgan fingerprint density at radius 1 is 1.50 bits per heavy atom. The van der Waals surface area contributed by atoms with Crippen LogP contribution in [-0.4, -0.2) is 32.5 Å². The second kappa shape index (κ2) is 6.27. The van der Waals surface area contributed by atoms with E-state index >= 15 is 0 Å².